The molecule has 344 valence electrons. The molecule has 0 rings (SSSR count). The van der Waals surface area contributed by atoms with Gasteiger partial charge >= 0.3 is 25.7 Å². The Balaban J connectivity index is 4.65. The van der Waals surface area contributed by atoms with Gasteiger partial charge in [-0.3, -0.25) is 23.4 Å². The Kier molecular flexibility index (Phi) is 38.8. The van der Waals surface area contributed by atoms with Crippen molar-refractivity contribution in [3.05, 3.63) is 109 Å². The van der Waals surface area contributed by atoms with Crippen LogP contribution in [0.25, 0.3) is 0 Å². The van der Waals surface area contributed by atoms with Gasteiger partial charge in [-0.1, -0.05) is 149 Å². The Hall–Kier alpha value is -3.90. The number of unbranched alkanes of at least 4 members (excludes halogenated alkanes) is 7. The normalized spacial score (nSPS) is 15.2. The highest BCUT2D eigenvalue weighted by Crippen LogP contribution is 2.43. The van der Waals surface area contributed by atoms with Gasteiger partial charge in [-0.15, -0.1) is 0 Å². The molecule has 12 nitrogen and oxygen atoms in total. The first-order valence-corrected chi connectivity index (χ1v) is 23.5. The first-order chi connectivity index (χ1) is 29.5. The fourth-order valence-electron chi connectivity index (χ4n) is 5.12. The van der Waals surface area contributed by atoms with Crippen LogP contribution in [0.2, 0.25) is 0 Å². The van der Waals surface area contributed by atoms with Crippen molar-refractivity contribution in [1.29, 1.82) is 0 Å². The van der Waals surface area contributed by atoms with Crippen molar-refractivity contribution in [3.8, 4) is 0 Å². The van der Waals surface area contributed by atoms with E-state index in [1.165, 1.54) is 19.3 Å². The van der Waals surface area contributed by atoms with E-state index in [1.54, 1.807) is 12.2 Å². The summed E-state index contributed by atoms with van der Waals surface area (Å²) >= 11 is 0. The summed E-state index contributed by atoms with van der Waals surface area (Å²) in [6.45, 7) is 2.37. The van der Waals surface area contributed by atoms with Crippen LogP contribution in [0.1, 0.15) is 136 Å². The molecule has 0 saturated heterocycles. The number of allylic oxidation sites excluding steroid dienone is 17. The smallest absolute Gasteiger partial charge is 0.472 e. The maximum atomic E-state index is 12.6. The molecule has 0 aliphatic carbocycles. The molecule has 0 saturated carbocycles. The number of phosphoric ester groups is 1. The van der Waals surface area contributed by atoms with Crippen molar-refractivity contribution in [2.24, 2.45) is 5.73 Å². The van der Waals surface area contributed by atoms with Gasteiger partial charge in [0.15, 0.2) is 6.10 Å². The monoisotopic (exact) mass is 874 g/mol. The van der Waals surface area contributed by atoms with Crippen LogP contribution < -0.4 is 5.73 Å². The van der Waals surface area contributed by atoms with E-state index in [-0.39, 0.29) is 19.3 Å². The number of aliphatic hydroxyl groups excluding tert-OH is 1. The molecule has 0 radical (unpaired) electrons. The van der Waals surface area contributed by atoms with Gasteiger partial charge in [0.25, 0.3) is 0 Å². The van der Waals surface area contributed by atoms with Gasteiger partial charge in [0.1, 0.15) is 12.6 Å². The van der Waals surface area contributed by atoms with E-state index >= 15 is 0 Å². The number of nitrogens with two attached hydrogens (primary N) is 1. The molecule has 4 atom stereocenters. The van der Waals surface area contributed by atoms with Gasteiger partial charge in [-0.05, 0) is 83.5 Å². The molecule has 5 N–H and O–H groups in total. The molecular formula is C48H76NO11P. The number of carboxylic acids is 1. The molecule has 13 heteroatoms. The number of carbonyl (C=O) groups is 3. The summed E-state index contributed by atoms with van der Waals surface area (Å²) in [5.41, 5.74) is 5.32. The number of hydrogen-bond donors (Lipinski definition) is 4. The van der Waals surface area contributed by atoms with Gasteiger partial charge < -0.3 is 30.3 Å². The fourth-order valence-corrected chi connectivity index (χ4v) is 5.90. The molecule has 0 heterocycles. The van der Waals surface area contributed by atoms with E-state index in [1.807, 2.05) is 12.2 Å². The molecule has 2 unspecified atom stereocenters. The SMILES string of the molecule is CC/C=C\C/C=C\C/C=C\C/C=C\C/C=C\C=C/C(O)CCC(=O)OC[C@H](COP(=O)(O)OC[C@H](N)C(=O)O)OC(=O)CCCCCC/C=C\C/C=C\C/C=C\CCCCC. The van der Waals surface area contributed by atoms with E-state index < -0.39 is 63.8 Å². The number of carbonyl (C=O) groups excluding carboxylic acids is 2. The summed E-state index contributed by atoms with van der Waals surface area (Å²) in [6, 6.07) is -1.56. The average molecular weight is 874 g/mol. The number of rotatable bonds is 39. The predicted molar refractivity (Wildman–Crippen MR) is 246 cm³/mol. The van der Waals surface area contributed by atoms with E-state index in [2.05, 4.69) is 103 Å². The highest BCUT2D eigenvalue weighted by molar-refractivity contribution is 7.47. The molecule has 0 spiro atoms. The summed E-state index contributed by atoms with van der Waals surface area (Å²) in [7, 11) is -4.79. The summed E-state index contributed by atoms with van der Waals surface area (Å²) in [6.07, 6.45) is 50.5. The van der Waals surface area contributed by atoms with Crippen molar-refractivity contribution in [3.63, 3.8) is 0 Å². The van der Waals surface area contributed by atoms with Crippen molar-refractivity contribution < 1.29 is 52.6 Å². The third-order valence-corrected chi connectivity index (χ3v) is 9.57. The minimum atomic E-state index is -4.79. The van der Waals surface area contributed by atoms with Gasteiger partial charge in [0.05, 0.1) is 19.3 Å². The third kappa shape index (κ3) is 41.2. The van der Waals surface area contributed by atoms with E-state index in [9.17, 15) is 28.9 Å². The number of carboxylic acid groups (broad SMARTS) is 1. The second kappa shape index (κ2) is 41.5. The fraction of sp³-hybridized carbons (Fsp3) is 0.562. The molecule has 0 aliphatic heterocycles. The highest BCUT2D eigenvalue weighted by Gasteiger charge is 2.28. The number of phosphoric acid groups is 1. The molecule has 0 amide bonds. The summed E-state index contributed by atoms with van der Waals surface area (Å²) in [4.78, 5) is 46.0. The number of aliphatic hydroxyl groups is 1. The van der Waals surface area contributed by atoms with Gasteiger partial charge in [0.2, 0.25) is 0 Å². The summed E-state index contributed by atoms with van der Waals surface area (Å²) < 4.78 is 32.5. The molecule has 0 aliphatic rings. The van der Waals surface area contributed by atoms with Crippen molar-refractivity contribution in [1.82, 2.24) is 0 Å². The maximum absolute atomic E-state index is 12.6. The first-order valence-electron chi connectivity index (χ1n) is 22.0. The molecule has 0 aromatic rings. The van der Waals surface area contributed by atoms with Crippen LogP contribution in [0.3, 0.4) is 0 Å². The number of ether oxygens (including phenoxy) is 2. The Bertz CT molecular complexity index is 1460. The Labute approximate surface area is 366 Å². The van der Waals surface area contributed by atoms with Gasteiger partial charge in [0, 0.05) is 12.8 Å². The van der Waals surface area contributed by atoms with Gasteiger partial charge in [-0.2, -0.15) is 0 Å². The zero-order chi connectivity index (χ0) is 45.1. The summed E-state index contributed by atoms with van der Waals surface area (Å²) in [5.74, 6) is -2.73. The van der Waals surface area contributed by atoms with Crippen LogP contribution >= 0.6 is 7.82 Å². The zero-order valence-corrected chi connectivity index (χ0v) is 37.7. The van der Waals surface area contributed by atoms with Crippen LogP contribution in [-0.2, 0) is 37.5 Å². The van der Waals surface area contributed by atoms with Crippen molar-refractivity contribution in [2.75, 3.05) is 19.8 Å². The predicted octanol–water partition coefficient (Wildman–Crippen LogP) is 10.8. The Morgan fingerprint density at radius 1 is 0.607 bits per heavy atom. The molecule has 0 aromatic carbocycles. The van der Waals surface area contributed by atoms with E-state index in [0.717, 1.165) is 77.0 Å². The maximum Gasteiger partial charge on any atom is 0.472 e. The minimum absolute atomic E-state index is 0.0779. The lowest BCUT2D eigenvalue weighted by Crippen LogP contribution is -2.34. The van der Waals surface area contributed by atoms with Crippen LogP contribution in [0.15, 0.2) is 109 Å². The largest absolute Gasteiger partial charge is 0.480 e. The van der Waals surface area contributed by atoms with Crippen molar-refractivity contribution in [2.45, 2.75) is 154 Å². The second-order valence-corrected chi connectivity index (χ2v) is 15.7. The lowest BCUT2D eigenvalue weighted by atomic mass is 10.1. The van der Waals surface area contributed by atoms with E-state index in [0.29, 0.717) is 6.42 Å². The van der Waals surface area contributed by atoms with Gasteiger partial charge in [-0.25, -0.2) is 4.57 Å². The average Bonchev–Trinajstić information content (AvgIpc) is 3.23. The summed E-state index contributed by atoms with van der Waals surface area (Å²) in [5, 5.41) is 19.2. The van der Waals surface area contributed by atoms with Crippen LogP contribution in [0.4, 0.5) is 0 Å². The lowest BCUT2D eigenvalue weighted by molar-refractivity contribution is -0.161. The third-order valence-electron chi connectivity index (χ3n) is 8.62. The van der Waals surface area contributed by atoms with Crippen molar-refractivity contribution >= 4 is 25.7 Å². The quantitative estimate of drug-likeness (QED) is 0.0150. The minimum Gasteiger partial charge on any atom is -0.480 e. The van der Waals surface area contributed by atoms with Crippen LogP contribution in [0.5, 0.6) is 0 Å². The highest BCUT2D eigenvalue weighted by atomic mass is 31.2. The van der Waals surface area contributed by atoms with Crippen LogP contribution in [-0.4, -0.2) is 71.1 Å². The Morgan fingerprint density at radius 2 is 1.11 bits per heavy atom. The molecule has 61 heavy (non-hydrogen) atoms. The molecule has 0 aromatic heterocycles. The molecular weight excluding hydrogens is 797 g/mol. The molecule has 0 fully saturated rings. The lowest BCUT2D eigenvalue weighted by Gasteiger charge is -2.20. The number of esters is 2. The second-order valence-electron chi connectivity index (χ2n) is 14.3. The Morgan fingerprint density at radius 3 is 1.67 bits per heavy atom. The topological polar surface area (TPSA) is 192 Å². The van der Waals surface area contributed by atoms with E-state index in [4.69, 9.17) is 24.8 Å². The standard InChI is InChI=1S/C48H76NO11P/c1-3-5-7-9-11-13-15-17-19-21-23-25-27-29-31-33-35-37-47(52)60-44(41-58-61(55,56)59-42-45(49)48(53)54)40-57-46(51)39-38-43(50)36-34-32-30-28-26-24-22-20-18-16-14-12-10-8-6-4-2/h6,8,11-14,17-20,23-26,30,32,34,36,43-45,50H,3-5,7,9-10,15-16,21-22,27-29,31,33,35,37-42,49H2,1-2H3,(H,53,54)(H,55,56)/b8-6-,13-11-,14-12-,19-17-,20-18-,25-23-,26-24-,32-30-,36-34-/t43?,44-,45+/m1/s1. The van der Waals surface area contributed by atoms with Crippen LogP contribution in [0, 0.1) is 0 Å². The number of hydrogen-bond acceptors (Lipinski definition) is 10. The first kappa shape index (κ1) is 57.1. The number of aliphatic carboxylic acids is 1. The molecule has 0 bridgehead atoms. The zero-order valence-electron chi connectivity index (χ0n) is 36.8.